The Hall–Kier alpha value is -2.94. The molecule has 1 amide bonds. The summed E-state index contributed by atoms with van der Waals surface area (Å²) >= 11 is 12.1. The number of aryl methyl sites for hydroxylation is 1. The van der Waals surface area contributed by atoms with E-state index in [-0.39, 0.29) is 28.8 Å². The minimum Gasteiger partial charge on any atom is -0.495 e. The number of anilines is 1. The van der Waals surface area contributed by atoms with E-state index in [9.17, 15) is 13.2 Å². The number of nitrogens with zero attached hydrogens (tertiary/aromatic N) is 1. The third kappa shape index (κ3) is 6.56. The smallest absolute Gasteiger partial charge is 0.264 e. The van der Waals surface area contributed by atoms with E-state index in [1.165, 1.54) is 31.4 Å². The molecule has 3 aromatic carbocycles. The summed E-state index contributed by atoms with van der Waals surface area (Å²) in [5.41, 5.74) is 1.15. The van der Waals surface area contributed by atoms with Crippen LogP contribution in [-0.4, -0.2) is 41.1 Å². The van der Waals surface area contributed by atoms with Gasteiger partial charge in [-0.1, -0.05) is 40.9 Å². The highest BCUT2D eigenvalue weighted by molar-refractivity contribution is 7.92. The first-order chi connectivity index (χ1) is 16.2. The SMILES string of the molecule is COc1ccc(N(CC(=O)NCCOc2ccc(Cl)cc2)S(=O)(=O)c2ccc(C)cc2)cc1Cl. The molecule has 0 aliphatic heterocycles. The summed E-state index contributed by atoms with van der Waals surface area (Å²) in [5.74, 6) is 0.499. The summed E-state index contributed by atoms with van der Waals surface area (Å²) in [5, 5.41) is 3.50. The van der Waals surface area contributed by atoms with Crippen LogP contribution in [0.1, 0.15) is 5.56 Å². The van der Waals surface area contributed by atoms with Crippen molar-refractivity contribution in [2.45, 2.75) is 11.8 Å². The molecule has 0 saturated heterocycles. The molecule has 0 saturated carbocycles. The van der Waals surface area contributed by atoms with Crippen LogP contribution in [0.2, 0.25) is 10.0 Å². The number of amides is 1. The van der Waals surface area contributed by atoms with Gasteiger partial charge in [-0.25, -0.2) is 8.42 Å². The number of nitrogens with one attached hydrogen (secondary N) is 1. The van der Waals surface area contributed by atoms with Crippen LogP contribution in [0, 0.1) is 6.92 Å². The average molecular weight is 523 g/mol. The molecule has 7 nitrogen and oxygen atoms in total. The van der Waals surface area contributed by atoms with Gasteiger partial charge >= 0.3 is 0 Å². The van der Waals surface area contributed by atoms with E-state index in [0.717, 1.165) is 9.87 Å². The number of ether oxygens (including phenoxy) is 2. The van der Waals surface area contributed by atoms with Gasteiger partial charge in [0.05, 0.1) is 29.3 Å². The van der Waals surface area contributed by atoms with Crippen LogP contribution in [0.5, 0.6) is 11.5 Å². The molecule has 1 N–H and O–H groups in total. The Balaban J connectivity index is 1.75. The predicted octanol–water partition coefficient (Wildman–Crippen LogP) is 4.70. The number of rotatable bonds is 10. The second kappa shape index (κ2) is 11.5. The summed E-state index contributed by atoms with van der Waals surface area (Å²) in [7, 11) is -2.59. The van der Waals surface area contributed by atoms with Gasteiger partial charge in [0.1, 0.15) is 24.7 Å². The Morgan fingerprint density at radius 3 is 2.29 bits per heavy atom. The summed E-state index contributed by atoms with van der Waals surface area (Å²) in [6.07, 6.45) is 0. The van der Waals surface area contributed by atoms with Gasteiger partial charge in [-0.05, 0) is 61.5 Å². The second-order valence-corrected chi connectivity index (χ2v) is 10.0. The zero-order valence-corrected chi connectivity index (χ0v) is 21.0. The third-order valence-electron chi connectivity index (χ3n) is 4.83. The largest absolute Gasteiger partial charge is 0.495 e. The molecule has 0 radical (unpaired) electrons. The van der Waals surface area contributed by atoms with E-state index in [0.29, 0.717) is 16.5 Å². The highest BCUT2D eigenvalue weighted by atomic mass is 35.5. The van der Waals surface area contributed by atoms with Crippen molar-refractivity contribution in [2.24, 2.45) is 0 Å². The number of hydrogen-bond donors (Lipinski definition) is 1. The minimum absolute atomic E-state index is 0.0592. The van der Waals surface area contributed by atoms with Gasteiger partial charge in [0.15, 0.2) is 0 Å². The zero-order chi connectivity index (χ0) is 24.7. The van der Waals surface area contributed by atoms with Crippen molar-refractivity contribution in [3.05, 3.63) is 82.3 Å². The number of carbonyl (C=O) groups is 1. The molecule has 34 heavy (non-hydrogen) atoms. The van der Waals surface area contributed by atoms with E-state index >= 15 is 0 Å². The molecule has 3 rings (SSSR count). The lowest BCUT2D eigenvalue weighted by Crippen LogP contribution is -2.42. The topological polar surface area (TPSA) is 84.9 Å². The maximum atomic E-state index is 13.4. The summed E-state index contributed by atoms with van der Waals surface area (Å²) in [4.78, 5) is 12.7. The normalized spacial score (nSPS) is 11.1. The van der Waals surface area contributed by atoms with Crippen LogP contribution >= 0.6 is 23.2 Å². The molecule has 0 spiro atoms. The first kappa shape index (κ1) is 25.7. The lowest BCUT2D eigenvalue weighted by molar-refractivity contribution is -0.119. The van der Waals surface area contributed by atoms with Gasteiger partial charge in [-0.15, -0.1) is 0 Å². The van der Waals surface area contributed by atoms with Crippen molar-refractivity contribution in [3.63, 3.8) is 0 Å². The molecule has 0 heterocycles. The maximum absolute atomic E-state index is 13.4. The molecule has 0 aliphatic rings. The van der Waals surface area contributed by atoms with Crippen molar-refractivity contribution in [1.29, 1.82) is 0 Å². The number of halogens is 2. The first-order valence-corrected chi connectivity index (χ1v) is 12.5. The van der Waals surface area contributed by atoms with Crippen LogP contribution in [0.4, 0.5) is 5.69 Å². The van der Waals surface area contributed by atoms with E-state index in [1.807, 2.05) is 6.92 Å². The number of hydrogen-bond acceptors (Lipinski definition) is 5. The average Bonchev–Trinajstić information content (AvgIpc) is 2.81. The maximum Gasteiger partial charge on any atom is 0.264 e. The van der Waals surface area contributed by atoms with Crippen LogP contribution in [0.25, 0.3) is 0 Å². The third-order valence-corrected chi connectivity index (χ3v) is 7.16. The van der Waals surface area contributed by atoms with E-state index < -0.39 is 22.5 Å². The Labute approximate surface area is 209 Å². The quantitative estimate of drug-likeness (QED) is 0.390. The highest BCUT2D eigenvalue weighted by Crippen LogP contribution is 2.32. The predicted molar refractivity (Wildman–Crippen MR) is 134 cm³/mol. The summed E-state index contributed by atoms with van der Waals surface area (Å²) in [6.45, 7) is 1.80. The lowest BCUT2D eigenvalue weighted by Gasteiger charge is -2.24. The van der Waals surface area contributed by atoms with Crippen LogP contribution in [0.3, 0.4) is 0 Å². The Morgan fingerprint density at radius 2 is 1.68 bits per heavy atom. The van der Waals surface area contributed by atoms with Crippen LogP contribution in [-0.2, 0) is 14.8 Å². The Bertz CT molecular complexity index is 1230. The molecule has 10 heteroatoms. The Morgan fingerprint density at radius 1 is 1.00 bits per heavy atom. The lowest BCUT2D eigenvalue weighted by atomic mass is 10.2. The molecule has 3 aromatic rings. The number of sulfonamides is 1. The molecular formula is C24H24Cl2N2O5S. The fourth-order valence-electron chi connectivity index (χ4n) is 3.04. The molecule has 0 unspecified atom stereocenters. The fourth-order valence-corrected chi connectivity index (χ4v) is 4.83. The summed E-state index contributed by atoms with van der Waals surface area (Å²) in [6, 6.07) is 17.7. The second-order valence-electron chi connectivity index (χ2n) is 7.30. The molecule has 180 valence electrons. The number of carbonyl (C=O) groups excluding carboxylic acids is 1. The van der Waals surface area contributed by atoms with Gasteiger partial charge in [-0.2, -0.15) is 0 Å². The van der Waals surface area contributed by atoms with Crippen LogP contribution < -0.4 is 19.1 Å². The van der Waals surface area contributed by atoms with Gasteiger partial charge in [0.2, 0.25) is 5.91 Å². The molecule has 0 bridgehead atoms. The van der Waals surface area contributed by atoms with E-state index in [1.54, 1.807) is 42.5 Å². The first-order valence-electron chi connectivity index (χ1n) is 10.3. The molecule has 0 fully saturated rings. The monoisotopic (exact) mass is 522 g/mol. The van der Waals surface area contributed by atoms with Gasteiger partial charge < -0.3 is 14.8 Å². The van der Waals surface area contributed by atoms with Crippen molar-refractivity contribution in [2.75, 3.05) is 31.1 Å². The highest BCUT2D eigenvalue weighted by Gasteiger charge is 2.27. The zero-order valence-electron chi connectivity index (χ0n) is 18.6. The number of methoxy groups -OCH3 is 1. The molecule has 0 aromatic heterocycles. The Kier molecular flexibility index (Phi) is 8.66. The molecular weight excluding hydrogens is 499 g/mol. The van der Waals surface area contributed by atoms with Crippen molar-refractivity contribution < 1.29 is 22.7 Å². The van der Waals surface area contributed by atoms with Crippen LogP contribution in [0.15, 0.2) is 71.6 Å². The number of benzene rings is 3. The van der Waals surface area contributed by atoms with E-state index in [2.05, 4.69) is 5.32 Å². The molecule has 0 atom stereocenters. The van der Waals surface area contributed by atoms with Crippen molar-refractivity contribution in [1.82, 2.24) is 5.32 Å². The standard InChI is InChI=1S/C24H24Cl2N2O5S/c1-17-3-10-21(11-4-17)34(30,31)28(19-7-12-23(32-2)22(26)15-19)16-24(29)27-13-14-33-20-8-5-18(25)6-9-20/h3-12,15H,13-14,16H2,1-2H3,(H,27,29). The van der Waals surface area contributed by atoms with E-state index in [4.69, 9.17) is 32.7 Å². The van der Waals surface area contributed by atoms with Gasteiger partial charge in [-0.3, -0.25) is 9.10 Å². The summed E-state index contributed by atoms with van der Waals surface area (Å²) < 4.78 is 38.6. The fraction of sp³-hybridized carbons (Fsp3) is 0.208. The van der Waals surface area contributed by atoms with Gasteiger partial charge in [0.25, 0.3) is 10.0 Å². The van der Waals surface area contributed by atoms with Gasteiger partial charge in [0, 0.05) is 5.02 Å². The minimum atomic E-state index is -4.05. The van der Waals surface area contributed by atoms with Crippen molar-refractivity contribution >= 4 is 44.8 Å². The molecule has 0 aliphatic carbocycles. The van der Waals surface area contributed by atoms with Crippen molar-refractivity contribution in [3.8, 4) is 11.5 Å².